The van der Waals surface area contributed by atoms with Crippen molar-refractivity contribution in [3.05, 3.63) is 35.1 Å². The van der Waals surface area contributed by atoms with Gasteiger partial charge in [0.25, 0.3) is 0 Å². The van der Waals surface area contributed by atoms with Crippen molar-refractivity contribution in [2.45, 2.75) is 44.6 Å². The van der Waals surface area contributed by atoms with Gasteiger partial charge in [-0.25, -0.2) is 4.39 Å². The van der Waals surface area contributed by atoms with E-state index in [2.05, 4.69) is 0 Å². The minimum Gasteiger partial charge on any atom is -0.370 e. The second-order valence-electron chi connectivity index (χ2n) is 5.05. The predicted molar refractivity (Wildman–Crippen MR) is 68.3 cm³/mol. The molecule has 2 nitrogen and oxygen atoms in total. The molecule has 1 aliphatic carbocycles. The molecule has 1 saturated carbocycles. The molecule has 0 spiro atoms. The first-order valence-corrected chi connectivity index (χ1v) is 6.45. The molecule has 3 heteroatoms. The summed E-state index contributed by atoms with van der Waals surface area (Å²) < 4.78 is 18.8. The lowest BCUT2D eigenvalue weighted by Gasteiger charge is -2.34. The first-order valence-electron chi connectivity index (χ1n) is 6.45. The number of carbonyl (C=O) groups excluding carboxylic acids is 1. The molecule has 1 aromatic rings. The van der Waals surface area contributed by atoms with Gasteiger partial charge < -0.3 is 4.74 Å². The lowest BCUT2D eigenvalue weighted by Crippen LogP contribution is -2.42. The second kappa shape index (κ2) is 5.19. The molecule has 0 amide bonds. The zero-order chi connectivity index (χ0) is 13.2. The van der Waals surface area contributed by atoms with Crippen molar-refractivity contribution in [2.75, 3.05) is 7.11 Å². The van der Waals surface area contributed by atoms with Crippen LogP contribution in [0, 0.1) is 12.7 Å². The summed E-state index contributed by atoms with van der Waals surface area (Å²) in [6, 6.07) is 4.53. The number of carbonyl (C=O) groups is 1. The Hall–Kier alpha value is -1.22. The number of ketones is 1. The summed E-state index contributed by atoms with van der Waals surface area (Å²) in [7, 11) is 1.60. The highest BCUT2D eigenvalue weighted by Crippen LogP contribution is 2.34. The Kier molecular flexibility index (Phi) is 3.81. The van der Waals surface area contributed by atoms with Crippen LogP contribution < -0.4 is 0 Å². The summed E-state index contributed by atoms with van der Waals surface area (Å²) in [6.45, 7) is 1.67. The summed E-state index contributed by atoms with van der Waals surface area (Å²) in [5.41, 5.74) is 0.364. The summed E-state index contributed by atoms with van der Waals surface area (Å²) in [6.07, 6.45) is 4.71. The van der Waals surface area contributed by atoms with E-state index in [1.807, 2.05) is 0 Å². The van der Waals surface area contributed by atoms with E-state index in [0.717, 1.165) is 32.1 Å². The van der Waals surface area contributed by atoms with Gasteiger partial charge in [0, 0.05) is 12.7 Å². The molecule has 98 valence electrons. The zero-order valence-electron chi connectivity index (χ0n) is 11.0. The maximum Gasteiger partial charge on any atom is 0.194 e. The number of Topliss-reactive ketones (excluding diaryl/α,β-unsaturated/α-hetero) is 1. The van der Waals surface area contributed by atoms with Crippen LogP contribution in [-0.2, 0) is 4.74 Å². The van der Waals surface area contributed by atoms with Gasteiger partial charge in [0.15, 0.2) is 5.78 Å². The molecule has 0 saturated heterocycles. The third kappa shape index (κ3) is 2.32. The fourth-order valence-corrected chi connectivity index (χ4v) is 2.70. The van der Waals surface area contributed by atoms with Gasteiger partial charge in [0.05, 0.1) is 0 Å². The number of halogens is 1. The van der Waals surface area contributed by atoms with E-state index in [4.69, 9.17) is 4.74 Å². The normalized spacial score (nSPS) is 18.6. The lowest BCUT2D eigenvalue weighted by molar-refractivity contribution is -0.0194. The monoisotopic (exact) mass is 250 g/mol. The Bertz CT molecular complexity index is 448. The number of hydrogen-bond acceptors (Lipinski definition) is 2. The molecular formula is C15H19FO2. The number of benzene rings is 1. The van der Waals surface area contributed by atoms with E-state index in [9.17, 15) is 9.18 Å². The highest BCUT2D eigenvalue weighted by atomic mass is 19.1. The summed E-state index contributed by atoms with van der Waals surface area (Å²) in [5.74, 6) is -0.283. The first-order chi connectivity index (χ1) is 8.59. The molecule has 0 bridgehead atoms. The van der Waals surface area contributed by atoms with Crippen LogP contribution in [0.25, 0.3) is 0 Å². The molecule has 0 aliphatic heterocycles. The molecule has 18 heavy (non-hydrogen) atoms. The van der Waals surface area contributed by atoms with Crippen LogP contribution in [0.1, 0.15) is 48.0 Å². The Balaban J connectivity index is 2.30. The van der Waals surface area contributed by atoms with Crippen LogP contribution >= 0.6 is 0 Å². The van der Waals surface area contributed by atoms with Crippen molar-refractivity contribution < 1.29 is 13.9 Å². The van der Waals surface area contributed by atoms with Crippen LogP contribution in [-0.4, -0.2) is 18.5 Å². The maximum absolute atomic E-state index is 13.2. The molecule has 1 fully saturated rings. The zero-order valence-corrected chi connectivity index (χ0v) is 11.0. The molecule has 0 N–H and O–H groups in total. The second-order valence-corrected chi connectivity index (χ2v) is 5.05. The number of rotatable bonds is 3. The Morgan fingerprint density at radius 3 is 2.50 bits per heavy atom. The highest BCUT2D eigenvalue weighted by Gasteiger charge is 2.39. The molecule has 0 aromatic heterocycles. The molecule has 1 aliphatic rings. The van der Waals surface area contributed by atoms with Gasteiger partial charge in [-0.3, -0.25) is 4.79 Å². The lowest BCUT2D eigenvalue weighted by atomic mass is 9.79. The Morgan fingerprint density at radius 2 is 1.94 bits per heavy atom. The SMILES string of the molecule is COC1(C(=O)c2ccc(F)c(C)c2)CCCCC1. The van der Waals surface area contributed by atoms with Crippen molar-refractivity contribution in [3.63, 3.8) is 0 Å². The van der Waals surface area contributed by atoms with Crippen LogP contribution in [0.2, 0.25) is 0 Å². The first kappa shape index (κ1) is 13.2. The standard InChI is InChI=1S/C15H19FO2/c1-11-10-12(6-7-13(11)16)14(17)15(18-2)8-4-3-5-9-15/h6-7,10H,3-5,8-9H2,1-2H3. The van der Waals surface area contributed by atoms with Gasteiger partial charge in [-0.15, -0.1) is 0 Å². The van der Waals surface area contributed by atoms with E-state index in [-0.39, 0.29) is 11.6 Å². The predicted octanol–water partition coefficient (Wildman–Crippen LogP) is 3.67. The average molecular weight is 250 g/mol. The van der Waals surface area contributed by atoms with E-state index < -0.39 is 5.60 Å². The van der Waals surface area contributed by atoms with Crippen LogP contribution in [0.4, 0.5) is 4.39 Å². The fraction of sp³-hybridized carbons (Fsp3) is 0.533. The van der Waals surface area contributed by atoms with Crippen LogP contribution in [0.15, 0.2) is 18.2 Å². The van der Waals surface area contributed by atoms with Gasteiger partial charge in [-0.2, -0.15) is 0 Å². The number of aryl methyl sites for hydroxylation is 1. The minimum atomic E-state index is -0.692. The average Bonchev–Trinajstić information content (AvgIpc) is 2.42. The van der Waals surface area contributed by atoms with Gasteiger partial charge in [0.2, 0.25) is 0 Å². The molecular weight excluding hydrogens is 231 g/mol. The Morgan fingerprint density at radius 1 is 1.28 bits per heavy atom. The third-order valence-corrected chi connectivity index (χ3v) is 3.89. The van der Waals surface area contributed by atoms with Gasteiger partial charge in [-0.1, -0.05) is 19.3 Å². The molecule has 0 atom stereocenters. The summed E-state index contributed by atoms with van der Waals surface area (Å²) in [5, 5.41) is 0. The Labute approximate surface area is 107 Å². The quantitative estimate of drug-likeness (QED) is 0.765. The van der Waals surface area contributed by atoms with Crippen molar-refractivity contribution >= 4 is 5.78 Å². The number of hydrogen-bond donors (Lipinski definition) is 0. The van der Waals surface area contributed by atoms with Gasteiger partial charge >= 0.3 is 0 Å². The van der Waals surface area contributed by atoms with E-state index in [0.29, 0.717) is 11.1 Å². The van der Waals surface area contributed by atoms with Crippen molar-refractivity contribution in [1.29, 1.82) is 0 Å². The topological polar surface area (TPSA) is 26.3 Å². The molecule has 0 radical (unpaired) electrons. The number of ether oxygens (including phenoxy) is 1. The van der Waals surface area contributed by atoms with E-state index in [1.165, 1.54) is 6.07 Å². The summed E-state index contributed by atoms with van der Waals surface area (Å²) >= 11 is 0. The molecule has 1 aromatic carbocycles. The van der Waals surface area contributed by atoms with E-state index in [1.54, 1.807) is 26.2 Å². The smallest absolute Gasteiger partial charge is 0.194 e. The molecule has 0 unspecified atom stereocenters. The minimum absolute atomic E-state index is 0.00667. The van der Waals surface area contributed by atoms with Gasteiger partial charge in [-0.05, 0) is 43.5 Å². The summed E-state index contributed by atoms with van der Waals surface area (Å²) in [4.78, 5) is 12.6. The van der Waals surface area contributed by atoms with Crippen molar-refractivity contribution in [2.24, 2.45) is 0 Å². The van der Waals surface area contributed by atoms with Crippen molar-refractivity contribution in [1.82, 2.24) is 0 Å². The largest absolute Gasteiger partial charge is 0.370 e. The third-order valence-electron chi connectivity index (χ3n) is 3.89. The fourth-order valence-electron chi connectivity index (χ4n) is 2.70. The van der Waals surface area contributed by atoms with Crippen LogP contribution in [0.3, 0.4) is 0 Å². The van der Waals surface area contributed by atoms with E-state index >= 15 is 0 Å². The van der Waals surface area contributed by atoms with Crippen molar-refractivity contribution in [3.8, 4) is 0 Å². The van der Waals surface area contributed by atoms with Gasteiger partial charge in [0.1, 0.15) is 11.4 Å². The maximum atomic E-state index is 13.2. The molecule has 2 rings (SSSR count). The number of methoxy groups -OCH3 is 1. The highest BCUT2D eigenvalue weighted by molar-refractivity contribution is 6.02. The molecule has 0 heterocycles. The van der Waals surface area contributed by atoms with Crippen LogP contribution in [0.5, 0.6) is 0 Å².